The van der Waals surface area contributed by atoms with Crippen molar-refractivity contribution in [1.29, 1.82) is 0 Å². The normalized spacial score (nSPS) is 16.7. The van der Waals surface area contributed by atoms with E-state index in [1.807, 2.05) is 53.6 Å². The number of rotatable bonds is 3. The number of hydrogen-bond acceptors (Lipinski definition) is 4. The summed E-state index contributed by atoms with van der Waals surface area (Å²) < 4.78 is 5.09. The van der Waals surface area contributed by atoms with Gasteiger partial charge in [-0.1, -0.05) is 30.3 Å². The minimum absolute atomic E-state index is 0.0639. The van der Waals surface area contributed by atoms with Gasteiger partial charge in [-0.05, 0) is 42.3 Å². The van der Waals surface area contributed by atoms with Crippen LogP contribution in [0, 0.1) is 6.92 Å². The van der Waals surface area contributed by atoms with E-state index in [-0.39, 0.29) is 11.9 Å². The summed E-state index contributed by atoms with van der Waals surface area (Å²) in [7, 11) is 1.43. The number of carbonyl (C=O) groups excluding carboxylic acids is 2. The smallest absolute Gasteiger partial charge is 0.316 e. The Labute approximate surface area is 146 Å². The van der Waals surface area contributed by atoms with Gasteiger partial charge in [0.2, 0.25) is 0 Å². The summed E-state index contributed by atoms with van der Waals surface area (Å²) in [5.74, 6) is -0.151. The van der Waals surface area contributed by atoms with Gasteiger partial charge in [-0.25, -0.2) is 0 Å². The van der Waals surface area contributed by atoms with Crippen LogP contribution in [0.1, 0.15) is 33.6 Å². The lowest BCUT2D eigenvalue weighted by atomic mass is 9.72. The molecule has 1 aliphatic heterocycles. The maximum absolute atomic E-state index is 12.7. The second-order valence-electron chi connectivity index (χ2n) is 6.16. The molecule has 1 amide bonds. The number of amides is 1. The summed E-state index contributed by atoms with van der Waals surface area (Å²) >= 11 is 1.48. The molecule has 1 aromatic carbocycles. The van der Waals surface area contributed by atoms with Crippen LogP contribution >= 0.6 is 11.3 Å². The van der Waals surface area contributed by atoms with E-state index in [1.165, 1.54) is 18.4 Å². The summed E-state index contributed by atoms with van der Waals surface area (Å²) in [5, 5.41) is 1.94. The van der Waals surface area contributed by atoms with Crippen molar-refractivity contribution in [3.05, 3.63) is 57.8 Å². The number of thiophene rings is 1. The van der Waals surface area contributed by atoms with Crippen LogP contribution in [0.25, 0.3) is 0 Å². The summed E-state index contributed by atoms with van der Waals surface area (Å²) in [6.07, 6.45) is 1.17. The van der Waals surface area contributed by atoms with Crippen molar-refractivity contribution in [2.45, 2.75) is 25.2 Å². The molecule has 0 radical (unpaired) electrons. The second kappa shape index (κ2) is 6.77. The van der Waals surface area contributed by atoms with Gasteiger partial charge in [0, 0.05) is 13.1 Å². The van der Waals surface area contributed by atoms with Gasteiger partial charge in [-0.2, -0.15) is 0 Å². The first-order chi connectivity index (χ1) is 11.6. The number of ether oxygens (including phenoxy) is 1. The van der Waals surface area contributed by atoms with E-state index in [1.54, 1.807) is 0 Å². The molecule has 0 atom stereocenters. The molecule has 0 spiro atoms. The molecule has 1 saturated heterocycles. The van der Waals surface area contributed by atoms with Crippen LogP contribution in [0.2, 0.25) is 0 Å². The van der Waals surface area contributed by atoms with Crippen molar-refractivity contribution >= 4 is 23.2 Å². The highest BCUT2D eigenvalue weighted by molar-refractivity contribution is 7.12. The lowest BCUT2D eigenvalue weighted by Gasteiger charge is -2.40. The predicted octanol–water partition coefficient (Wildman–Crippen LogP) is 3.40. The molecule has 1 aliphatic rings. The SMILES string of the molecule is COC(=O)C1(c2ccccc2)CCN(C(=O)c2sccc2C)CC1. The first-order valence-electron chi connectivity index (χ1n) is 8.06. The molecule has 0 bridgehead atoms. The fourth-order valence-corrected chi connectivity index (χ4v) is 4.28. The van der Waals surface area contributed by atoms with E-state index in [4.69, 9.17) is 4.74 Å². The Morgan fingerprint density at radius 1 is 1.12 bits per heavy atom. The summed E-state index contributed by atoms with van der Waals surface area (Å²) in [6, 6.07) is 11.7. The molecule has 0 N–H and O–H groups in total. The third-order valence-corrected chi connectivity index (χ3v) is 5.87. The van der Waals surface area contributed by atoms with Gasteiger partial charge >= 0.3 is 5.97 Å². The molecule has 0 unspecified atom stereocenters. The van der Waals surface area contributed by atoms with Crippen molar-refractivity contribution in [2.75, 3.05) is 20.2 Å². The second-order valence-corrected chi connectivity index (χ2v) is 7.08. The number of carbonyl (C=O) groups is 2. The molecule has 1 fully saturated rings. The minimum atomic E-state index is -0.655. The lowest BCUT2D eigenvalue weighted by Crippen LogP contribution is -2.49. The lowest BCUT2D eigenvalue weighted by molar-refractivity contribution is -0.149. The van der Waals surface area contributed by atoms with E-state index < -0.39 is 5.41 Å². The highest BCUT2D eigenvalue weighted by Crippen LogP contribution is 2.37. The Bertz CT molecular complexity index is 730. The average molecular weight is 343 g/mol. The maximum atomic E-state index is 12.7. The summed E-state index contributed by atoms with van der Waals surface area (Å²) in [5.41, 5.74) is 1.33. The van der Waals surface area contributed by atoms with E-state index in [0.29, 0.717) is 25.9 Å². The third-order valence-electron chi connectivity index (χ3n) is 4.86. The Kier molecular flexibility index (Phi) is 4.71. The van der Waals surface area contributed by atoms with Crippen LogP contribution in [0.5, 0.6) is 0 Å². The molecule has 2 heterocycles. The zero-order valence-corrected chi connectivity index (χ0v) is 14.8. The maximum Gasteiger partial charge on any atom is 0.316 e. The topological polar surface area (TPSA) is 46.6 Å². The number of benzene rings is 1. The van der Waals surface area contributed by atoms with Gasteiger partial charge in [-0.15, -0.1) is 11.3 Å². The number of methoxy groups -OCH3 is 1. The standard InChI is InChI=1S/C19H21NO3S/c1-14-8-13-24-16(14)17(21)20-11-9-19(10-12-20,18(22)23-2)15-6-4-3-5-7-15/h3-8,13H,9-12H2,1-2H3. The zero-order valence-electron chi connectivity index (χ0n) is 14.0. The van der Waals surface area contributed by atoms with Crippen molar-refractivity contribution < 1.29 is 14.3 Å². The fourth-order valence-electron chi connectivity index (χ4n) is 3.39. The highest BCUT2D eigenvalue weighted by atomic mass is 32.1. The Hall–Kier alpha value is -2.14. The van der Waals surface area contributed by atoms with Gasteiger partial charge in [-0.3, -0.25) is 9.59 Å². The van der Waals surface area contributed by atoms with Gasteiger partial charge in [0.15, 0.2) is 0 Å². The van der Waals surface area contributed by atoms with Gasteiger partial charge in [0.1, 0.15) is 0 Å². The summed E-state index contributed by atoms with van der Waals surface area (Å²) in [6.45, 7) is 3.07. The largest absolute Gasteiger partial charge is 0.468 e. The third kappa shape index (κ3) is 2.84. The quantitative estimate of drug-likeness (QED) is 0.803. The van der Waals surface area contributed by atoms with Crippen LogP contribution in [-0.2, 0) is 14.9 Å². The Balaban J connectivity index is 1.82. The number of aryl methyl sites for hydroxylation is 1. The Morgan fingerprint density at radius 2 is 1.79 bits per heavy atom. The summed E-state index contributed by atoms with van der Waals surface area (Å²) in [4.78, 5) is 27.9. The molecule has 126 valence electrons. The number of nitrogens with zero attached hydrogens (tertiary/aromatic N) is 1. The van der Waals surface area contributed by atoms with Crippen molar-refractivity contribution in [2.24, 2.45) is 0 Å². The molecular weight excluding hydrogens is 322 g/mol. The monoisotopic (exact) mass is 343 g/mol. The Morgan fingerprint density at radius 3 is 2.33 bits per heavy atom. The molecule has 0 saturated carbocycles. The van der Waals surface area contributed by atoms with Gasteiger partial charge < -0.3 is 9.64 Å². The molecule has 0 aliphatic carbocycles. The molecule has 24 heavy (non-hydrogen) atoms. The van der Waals surface area contributed by atoms with Crippen LogP contribution in [0.3, 0.4) is 0 Å². The van der Waals surface area contributed by atoms with Crippen LogP contribution in [0.4, 0.5) is 0 Å². The average Bonchev–Trinajstić information content (AvgIpc) is 3.07. The minimum Gasteiger partial charge on any atom is -0.468 e. The van der Waals surface area contributed by atoms with Gasteiger partial charge in [0.05, 0.1) is 17.4 Å². The number of hydrogen-bond donors (Lipinski definition) is 0. The van der Waals surface area contributed by atoms with Crippen molar-refractivity contribution in [3.63, 3.8) is 0 Å². The van der Waals surface area contributed by atoms with Crippen LogP contribution < -0.4 is 0 Å². The molecular formula is C19H21NO3S. The fraction of sp³-hybridized carbons (Fsp3) is 0.368. The van der Waals surface area contributed by atoms with E-state index >= 15 is 0 Å². The molecule has 4 nitrogen and oxygen atoms in total. The predicted molar refractivity (Wildman–Crippen MR) is 94.3 cm³/mol. The van der Waals surface area contributed by atoms with Crippen molar-refractivity contribution in [1.82, 2.24) is 4.90 Å². The number of likely N-dealkylation sites (tertiary alicyclic amines) is 1. The first kappa shape index (κ1) is 16.7. The van der Waals surface area contributed by atoms with Gasteiger partial charge in [0.25, 0.3) is 5.91 Å². The van der Waals surface area contributed by atoms with E-state index in [2.05, 4.69) is 0 Å². The molecule has 1 aromatic heterocycles. The van der Waals surface area contributed by atoms with Crippen molar-refractivity contribution in [3.8, 4) is 0 Å². The molecule has 3 rings (SSSR count). The van der Waals surface area contributed by atoms with E-state index in [9.17, 15) is 9.59 Å². The van der Waals surface area contributed by atoms with Crippen LogP contribution in [-0.4, -0.2) is 37.0 Å². The highest BCUT2D eigenvalue weighted by Gasteiger charge is 2.44. The van der Waals surface area contributed by atoms with Crippen LogP contribution in [0.15, 0.2) is 41.8 Å². The molecule has 5 heteroatoms. The first-order valence-corrected chi connectivity index (χ1v) is 8.94. The number of esters is 1. The number of piperidine rings is 1. The van der Waals surface area contributed by atoms with E-state index in [0.717, 1.165) is 16.0 Å². The zero-order chi connectivity index (χ0) is 17.2. The molecule has 2 aromatic rings.